The number of rotatable bonds is 9. The van der Waals surface area contributed by atoms with Crippen LogP contribution in [0.5, 0.6) is 11.5 Å². The summed E-state index contributed by atoms with van der Waals surface area (Å²) in [4.78, 5) is 78.8. The molecule has 0 aliphatic heterocycles. The number of carbonyl (C=O) groups excluding carboxylic acids is 5. The topological polar surface area (TPSA) is 184 Å². The zero-order chi connectivity index (χ0) is 43.2. The van der Waals surface area contributed by atoms with Crippen molar-refractivity contribution in [1.29, 1.82) is 0 Å². The lowest BCUT2D eigenvalue weighted by Crippen LogP contribution is -2.32. The molecule has 3 aromatic heterocycles. The number of amides is 3. The number of nitrogens with zero attached hydrogens (tertiary/aromatic N) is 4. The van der Waals surface area contributed by atoms with Crippen molar-refractivity contribution in [3.8, 4) is 11.5 Å². The van der Waals surface area contributed by atoms with E-state index in [0.29, 0.717) is 16.5 Å². The van der Waals surface area contributed by atoms with E-state index >= 15 is 0 Å². The smallest absolute Gasteiger partial charge is 0.419 e. The van der Waals surface area contributed by atoms with Crippen molar-refractivity contribution in [2.24, 2.45) is 10.8 Å². The predicted molar refractivity (Wildman–Crippen MR) is 220 cm³/mol. The molecule has 0 saturated heterocycles. The molecule has 3 amide bonds. The minimum atomic E-state index is -0.936. The second-order valence-corrected chi connectivity index (χ2v) is 17.4. The Kier molecular flexibility index (Phi) is 11.7. The summed E-state index contributed by atoms with van der Waals surface area (Å²) in [7, 11) is 5.86. The SMILES string of the molecule is COc1cc(Cc2cnc(NC(=O)C(C)(C)C)nc2NC(=O)C(C)(C)C)c2cc(C(=O)c3c(C(=O)N(C)C)n(C(=O)OC(C)(C)C)c4ccc(Cl)cc34)oc2c1OC. The van der Waals surface area contributed by atoms with Gasteiger partial charge in [0.1, 0.15) is 17.1 Å². The normalized spacial score (nSPS) is 12.0. The average Bonchev–Trinajstić information content (AvgIpc) is 3.70. The lowest BCUT2D eigenvalue weighted by molar-refractivity contribution is -0.123. The summed E-state index contributed by atoms with van der Waals surface area (Å²) in [6, 6.07) is 7.78. The van der Waals surface area contributed by atoms with Crippen LogP contribution in [0.25, 0.3) is 21.9 Å². The number of nitrogens with one attached hydrogen (secondary N) is 2. The van der Waals surface area contributed by atoms with E-state index in [2.05, 4.69) is 20.6 Å². The highest BCUT2D eigenvalue weighted by Crippen LogP contribution is 2.42. The Balaban J connectivity index is 1.73. The van der Waals surface area contributed by atoms with Crippen LogP contribution >= 0.6 is 11.6 Å². The fourth-order valence-corrected chi connectivity index (χ4v) is 6.01. The second-order valence-electron chi connectivity index (χ2n) is 17.0. The highest BCUT2D eigenvalue weighted by molar-refractivity contribution is 6.32. The number of anilines is 2. The Morgan fingerprint density at radius 1 is 0.845 bits per heavy atom. The highest BCUT2D eigenvalue weighted by atomic mass is 35.5. The van der Waals surface area contributed by atoms with Gasteiger partial charge in [-0.1, -0.05) is 53.1 Å². The van der Waals surface area contributed by atoms with Gasteiger partial charge in [-0.25, -0.2) is 14.3 Å². The molecule has 58 heavy (non-hydrogen) atoms. The van der Waals surface area contributed by atoms with E-state index in [1.54, 1.807) is 74.4 Å². The van der Waals surface area contributed by atoms with E-state index in [1.807, 2.05) is 0 Å². The summed E-state index contributed by atoms with van der Waals surface area (Å²) < 4.78 is 24.5. The Morgan fingerprint density at radius 2 is 1.48 bits per heavy atom. The van der Waals surface area contributed by atoms with Crippen LogP contribution in [0.15, 0.2) is 40.9 Å². The molecule has 0 spiro atoms. The fourth-order valence-electron chi connectivity index (χ4n) is 5.84. The summed E-state index contributed by atoms with van der Waals surface area (Å²) in [6.07, 6.45) is 0.699. The summed E-state index contributed by atoms with van der Waals surface area (Å²) in [5.41, 5.74) is -1.48. The van der Waals surface area contributed by atoms with Crippen LogP contribution in [0.1, 0.15) is 100 Å². The predicted octanol–water partition coefficient (Wildman–Crippen LogP) is 8.12. The molecule has 2 N–H and O–H groups in total. The Hall–Kier alpha value is -5.96. The number of aromatic nitrogens is 3. The third-order valence-corrected chi connectivity index (χ3v) is 9.10. The molecule has 5 aromatic rings. The number of fused-ring (bicyclic) bond motifs is 2. The third kappa shape index (κ3) is 8.79. The van der Waals surface area contributed by atoms with E-state index in [9.17, 15) is 24.0 Å². The Morgan fingerprint density at radius 3 is 2.05 bits per heavy atom. The Bertz CT molecular complexity index is 2480. The average molecular weight is 817 g/mol. The molecule has 0 aliphatic carbocycles. The number of hydrogen-bond donors (Lipinski definition) is 2. The van der Waals surface area contributed by atoms with Crippen LogP contribution in [0, 0.1) is 10.8 Å². The monoisotopic (exact) mass is 816 g/mol. The molecule has 0 bridgehead atoms. The number of methoxy groups -OCH3 is 2. The van der Waals surface area contributed by atoms with Crippen molar-refractivity contribution < 1.29 is 42.6 Å². The maximum Gasteiger partial charge on any atom is 0.419 e. The van der Waals surface area contributed by atoms with Gasteiger partial charge in [-0.15, -0.1) is 0 Å². The van der Waals surface area contributed by atoms with E-state index in [-0.39, 0.29) is 80.0 Å². The molecule has 0 radical (unpaired) electrons. The molecule has 3 heterocycles. The summed E-state index contributed by atoms with van der Waals surface area (Å²) in [6.45, 7) is 15.6. The van der Waals surface area contributed by atoms with Crippen LogP contribution in [-0.2, 0) is 20.7 Å². The van der Waals surface area contributed by atoms with Gasteiger partial charge in [0.25, 0.3) is 5.91 Å². The van der Waals surface area contributed by atoms with Crippen molar-refractivity contribution in [2.45, 2.75) is 74.3 Å². The molecule has 0 atom stereocenters. The van der Waals surface area contributed by atoms with Crippen molar-refractivity contribution in [1.82, 2.24) is 19.4 Å². The zero-order valence-corrected chi connectivity index (χ0v) is 35.8. The maximum absolute atomic E-state index is 14.9. The second kappa shape index (κ2) is 15.8. The van der Waals surface area contributed by atoms with Crippen LogP contribution < -0.4 is 20.1 Å². The van der Waals surface area contributed by atoms with Crippen molar-refractivity contribution in [2.75, 3.05) is 38.9 Å². The largest absolute Gasteiger partial charge is 0.493 e. The molecule has 16 heteroatoms. The van der Waals surface area contributed by atoms with E-state index in [4.69, 9.17) is 30.2 Å². The van der Waals surface area contributed by atoms with Crippen molar-refractivity contribution in [3.63, 3.8) is 0 Å². The first kappa shape index (κ1) is 43.2. The Labute approximate surface area is 341 Å². The van der Waals surface area contributed by atoms with Gasteiger partial charge in [0.2, 0.25) is 29.3 Å². The van der Waals surface area contributed by atoms with Gasteiger partial charge in [-0.3, -0.25) is 24.5 Å². The first-order valence-corrected chi connectivity index (χ1v) is 18.7. The quantitative estimate of drug-likeness (QED) is 0.137. The van der Waals surface area contributed by atoms with E-state index < -0.39 is 34.2 Å². The maximum atomic E-state index is 14.9. The van der Waals surface area contributed by atoms with Crippen LogP contribution in [0.2, 0.25) is 5.02 Å². The lowest BCUT2D eigenvalue weighted by atomic mass is 9.95. The number of furan rings is 1. The molecule has 15 nitrogen and oxygen atoms in total. The fraction of sp³-hybridized carbons (Fsp3) is 0.405. The molecule has 0 aliphatic rings. The molecule has 2 aromatic carbocycles. The lowest BCUT2D eigenvalue weighted by Gasteiger charge is -2.21. The summed E-state index contributed by atoms with van der Waals surface area (Å²) in [5, 5.41) is 6.48. The molecular weight excluding hydrogens is 768 g/mol. The first-order chi connectivity index (χ1) is 26.9. The van der Waals surface area contributed by atoms with Gasteiger partial charge < -0.3 is 28.8 Å². The van der Waals surface area contributed by atoms with Crippen LogP contribution in [0.3, 0.4) is 0 Å². The van der Waals surface area contributed by atoms with Gasteiger partial charge in [-0.2, -0.15) is 4.98 Å². The van der Waals surface area contributed by atoms with Crippen LogP contribution in [-0.4, -0.2) is 82.9 Å². The summed E-state index contributed by atoms with van der Waals surface area (Å²) in [5.74, 6) is -1.63. The number of carbonyl (C=O) groups is 5. The van der Waals surface area contributed by atoms with E-state index in [0.717, 1.165) is 4.57 Å². The standard InChI is InChI=1S/C42H49ClN6O9/c1-40(2,3)36(52)45-34-22(20-44-38(46-34)47-37(53)41(4,5)6)16-21-17-28(55-12)33(56-13)32-24(21)19-27(57-32)31(50)29-25-18-23(43)14-15-26(25)49(30(29)35(51)48(10)11)39(54)58-42(7,8)9/h14-15,17-20H,16H2,1-13H3,(H2,44,45,46,47,52,53). The highest BCUT2D eigenvalue weighted by Gasteiger charge is 2.35. The summed E-state index contributed by atoms with van der Waals surface area (Å²) >= 11 is 6.45. The van der Waals surface area contributed by atoms with Gasteiger partial charge in [0, 0.05) is 58.9 Å². The number of ether oxygens (including phenoxy) is 3. The molecule has 0 saturated carbocycles. The first-order valence-electron chi connectivity index (χ1n) is 18.4. The van der Waals surface area contributed by atoms with Gasteiger partial charge in [0.15, 0.2) is 17.1 Å². The molecular formula is C42H49ClN6O9. The van der Waals surface area contributed by atoms with Crippen molar-refractivity contribution >= 4 is 74.8 Å². The molecule has 308 valence electrons. The molecule has 5 rings (SSSR count). The minimum Gasteiger partial charge on any atom is -0.493 e. The number of ketones is 1. The van der Waals surface area contributed by atoms with Gasteiger partial charge >= 0.3 is 6.09 Å². The number of benzene rings is 2. The minimum absolute atomic E-state index is 0.00439. The number of hydrogen-bond acceptors (Lipinski definition) is 11. The number of halogens is 1. The molecule has 0 unspecified atom stereocenters. The third-order valence-electron chi connectivity index (χ3n) is 8.87. The van der Waals surface area contributed by atoms with Crippen molar-refractivity contribution in [3.05, 3.63) is 69.7 Å². The van der Waals surface area contributed by atoms with Crippen LogP contribution in [0.4, 0.5) is 16.6 Å². The van der Waals surface area contributed by atoms with E-state index in [1.165, 1.54) is 57.6 Å². The molecule has 0 fully saturated rings. The van der Waals surface area contributed by atoms with Gasteiger partial charge in [0.05, 0.1) is 25.3 Å². The van der Waals surface area contributed by atoms with Gasteiger partial charge in [-0.05, 0) is 56.7 Å². The zero-order valence-electron chi connectivity index (χ0n) is 35.0.